The van der Waals surface area contributed by atoms with Crippen LogP contribution in [0.15, 0.2) is 12.1 Å². The van der Waals surface area contributed by atoms with E-state index in [9.17, 15) is 18.4 Å². The van der Waals surface area contributed by atoms with E-state index < -0.39 is 29.6 Å². The molecule has 0 aromatic heterocycles. The predicted octanol–water partition coefficient (Wildman–Crippen LogP) is 2.80. The zero-order valence-corrected chi connectivity index (χ0v) is 11.8. The van der Waals surface area contributed by atoms with Crippen molar-refractivity contribution in [2.45, 2.75) is 6.92 Å². The minimum Gasteiger partial charge on any atom is -0.481 e. The van der Waals surface area contributed by atoms with Crippen molar-refractivity contribution in [1.29, 1.82) is 0 Å². The number of hydrogen-bond donors (Lipinski definition) is 2. The molecule has 5 nitrogen and oxygen atoms in total. The summed E-state index contributed by atoms with van der Waals surface area (Å²) in [7, 11) is 0. The summed E-state index contributed by atoms with van der Waals surface area (Å²) < 4.78 is 26.5. The molecule has 0 radical (unpaired) electrons. The highest BCUT2D eigenvalue weighted by Gasteiger charge is 2.37. The van der Waals surface area contributed by atoms with Gasteiger partial charge < -0.3 is 15.3 Å². The summed E-state index contributed by atoms with van der Waals surface area (Å²) in [6, 6.07) is 0.819. The van der Waals surface area contributed by atoms with Crippen molar-refractivity contribution in [3.05, 3.63) is 28.8 Å². The van der Waals surface area contributed by atoms with Crippen molar-refractivity contribution in [2.75, 3.05) is 18.4 Å². The van der Waals surface area contributed by atoms with Crippen LogP contribution >= 0.6 is 11.6 Å². The van der Waals surface area contributed by atoms with Gasteiger partial charge in [0.15, 0.2) is 5.82 Å². The Balaban J connectivity index is 2.11. The SMILES string of the molecule is C[C@@H]1CN(C(=O)Nc2c(F)cc(F)cc2Cl)C[C@H]1C(=O)O. The van der Waals surface area contributed by atoms with Crippen LogP contribution in [0.3, 0.4) is 0 Å². The van der Waals surface area contributed by atoms with E-state index in [1.54, 1.807) is 6.92 Å². The second-order valence-electron chi connectivity index (χ2n) is 5.00. The fourth-order valence-corrected chi connectivity index (χ4v) is 2.54. The van der Waals surface area contributed by atoms with Crippen LogP contribution in [0, 0.1) is 23.5 Å². The molecule has 0 aliphatic carbocycles. The van der Waals surface area contributed by atoms with E-state index in [-0.39, 0.29) is 29.7 Å². The maximum atomic E-state index is 13.6. The van der Waals surface area contributed by atoms with Gasteiger partial charge in [0.05, 0.1) is 16.6 Å². The summed E-state index contributed by atoms with van der Waals surface area (Å²) >= 11 is 5.69. The zero-order valence-electron chi connectivity index (χ0n) is 11.1. The smallest absolute Gasteiger partial charge is 0.321 e. The number of nitrogens with one attached hydrogen (secondary N) is 1. The molecule has 1 heterocycles. The van der Waals surface area contributed by atoms with E-state index in [1.807, 2.05) is 0 Å². The molecule has 2 atom stereocenters. The monoisotopic (exact) mass is 318 g/mol. The number of hydrogen-bond acceptors (Lipinski definition) is 2. The highest BCUT2D eigenvalue weighted by Crippen LogP contribution is 2.28. The third-order valence-corrected chi connectivity index (χ3v) is 3.75. The number of benzene rings is 1. The number of carbonyl (C=O) groups is 2. The van der Waals surface area contributed by atoms with Crippen LogP contribution < -0.4 is 5.32 Å². The van der Waals surface area contributed by atoms with Gasteiger partial charge in [0, 0.05) is 19.2 Å². The second-order valence-corrected chi connectivity index (χ2v) is 5.41. The Labute approximate surface area is 124 Å². The van der Waals surface area contributed by atoms with Gasteiger partial charge in [0.1, 0.15) is 5.82 Å². The average molecular weight is 319 g/mol. The van der Waals surface area contributed by atoms with E-state index in [0.29, 0.717) is 6.07 Å². The van der Waals surface area contributed by atoms with Crippen LogP contribution in [0.4, 0.5) is 19.3 Å². The van der Waals surface area contributed by atoms with Crippen molar-refractivity contribution < 1.29 is 23.5 Å². The second kappa shape index (κ2) is 5.85. The number of carboxylic acid groups (broad SMARTS) is 1. The molecule has 1 aliphatic rings. The Bertz CT molecular complexity index is 574. The van der Waals surface area contributed by atoms with Crippen LogP contribution in [0.2, 0.25) is 5.02 Å². The summed E-state index contributed by atoms with van der Waals surface area (Å²) in [6.07, 6.45) is 0. The lowest BCUT2D eigenvalue weighted by Crippen LogP contribution is -2.34. The minimum atomic E-state index is -0.990. The molecule has 1 saturated heterocycles. The molecule has 8 heteroatoms. The fourth-order valence-electron chi connectivity index (χ4n) is 2.30. The molecular formula is C13H13ClF2N2O3. The first-order chi connectivity index (χ1) is 9.79. The predicted molar refractivity (Wildman–Crippen MR) is 72.2 cm³/mol. The van der Waals surface area contributed by atoms with Gasteiger partial charge in [0.25, 0.3) is 0 Å². The van der Waals surface area contributed by atoms with E-state index >= 15 is 0 Å². The molecular weight excluding hydrogens is 306 g/mol. The lowest BCUT2D eigenvalue weighted by atomic mass is 9.99. The number of urea groups is 1. The maximum absolute atomic E-state index is 13.6. The summed E-state index contributed by atoms with van der Waals surface area (Å²) in [6.45, 7) is 1.99. The molecule has 0 bridgehead atoms. The van der Waals surface area contributed by atoms with E-state index in [1.165, 1.54) is 4.90 Å². The maximum Gasteiger partial charge on any atom is 0.321 e. The Morgan fingerprint density at radius 3 is 2.57 bits per heavy atom. The molecule has 21 heavy (non-hydrogen) atoms. The quantitative estimate of drug-likeness (QED) is 0.881. The van der Waals surface area contributed by atoms with E-state index in [4.69, 9.17) is 16.7 Å². The third kappa shape index (κ3) is 3.24. The van der Waals surface area contributed by atoms with Gasteiger partial charge in [0.2, 0.25) is 0 Å². The van der Waals surface area contributed by atoms with Gasteiger partial charge in [-0.05, 0) is 12.0 Å². The highest BCUT2D eigenvalue weighted by molar-refractivity contribution is 6.33. The Morgan fingerprint density at radius 2 is 2.05 bits per heavy atom. The number of likely N-dealkylation sites (tertiary alicyclic amines) is 1. The number of halogens is 3. The first-order valence-corrected chi connectivity index (χ1v) is 6.60. The van der Waals surface area contributed by atoms with Gasteiger partial charge in [-0.25, -0.2) is 13.6 Å². The lowest BCUT2D eigenvalue weighted by molar-refractivity contribution is -0.142. The number of anilines is 1. The van der Waals surface area contributed by atoms with Crippen LogP contribution in [0.5, 0.6) is 0 Å². The molecule has 2 N–H and O–H groups in total. The first kappa shape index (κ1) is 15.5. The summed E-state index contributed by atoms with van der Waals surface area (Å²) in [5.41, 5.74) is -0.325. The van der Waals surface area contributed by atoms with Gasteiger partial charge >= 0.3 is 12.0 Å². The largest absolute Gasteiger partial charge is 0.481 e. The van der Waals surface area contributed by atoms with Gasteiger partial charge in [-0.3, -0.25) is 4.79 Å². The molecule has 2 amide bonds. The van der Waals surface area contributed by atoms with Crippen molar-refractivity contribution in [1.82, 2.24) is 4.90 Å². The van der Waals surface area contributed by atoms with Crippen LogP contribution in [-0.4, -0.2) is 35.1 Å². The van der Waals surface area contributed by atoms with E-state index in [2.05, 4.69) is 5.32 Å². The van der Waals surface area contributed by atoms with Crippen LogP contribution in [-0.2, 0) is 4.79 Å². The standard InChI is InChI=1S/C13H13ClF2N2O3/c1-6-4-18(5-8(6)12(19)20)13(21)17-11-9(14)2-7(15)3-10(11)16/h2-3,6,8H,4-5H2,1H3,(H,17,21)(H,19,20)/t6-,8-/m1/s1. The zero-order chi connectivity index (χ0) is 15.7. The van der Waals surface area contributed by atoms with Crippen molar-refractivity contribution in [3.8, 4) is 0 Å². The summed E-state index contributed by atoms with van der Waals surface area (Å²) in [5, 5.41) is 11.0. The topological polar surface area (TPSA) is 69.6 Å². The summed E-state index contributed by atoms with van der Waals surface area (Å²) in [5.74, 6) is -3.69. The minimum absolute atomic E-state index is 0.0305. The van der Waals surface area contributed by atoms with Crippen LogP contribution in [0.1, 0.15) is 6.92 Å². The number of amides is 2. The molecule has 0 spiro atoms. The lowest BCUT2D eigenvalue weighted by Gasteiger charge is -2.17. The van der Waals surface area contributed by atoms with Gasteiger partial charge in [-0.1, -0.05) is 18.5 Å². The Morgan fingerprint density at radius 1 is 1.38 bits per heavy atom. The Kier molecular flexibility index (Phi) is 4.32. The molecule has 114 valence electrons. The van der Waals surface area contributed by atoms with Gasteiger partial charge in [-0.2, -0.15) is 0 Å². The van der Waals surface area contributed by atoms with Crippen LogP contribution in [0.25, 0.3) is 0 Å². The number of nitrogens with zero attached hydrogens (tertiary/aromatic N) is 1. The van der Waals surface area contributed by atoms with Crippen molar-refractivity contribution >= 4 is 29.3 Å². The number of carbonyl (C=O) groups excluding carboxylic acids is 1. The number of aliphatic carboxylic acids is 1. The molecule has 1 aromatic carbocycles. The number of carboxylic acids is 1. The fraction of sp³-hybridized carbons (Fsp3) is 0.385. The first-order valence-electron chi connectivity index (χ1n) is 6.23. The average Bonchev–Trinajstić information content (AvgIpc) is 2.75. The molecule has 2 rings (SSSR count). The van der Waals surface area contributed by atoms with Crippen molar-refractivity contribution in [3.63, 3.8) is 0 Å². The molecule has 0 unspecified atom stereocenters. The van der Waals surface area contributed by atoms with E-state index in [0.717, 1.165) is 6.07 Å². The third-order valence-electron chi connectivity index (χ3n) is 3.46. The molecule has 1 aliphatic heterocycles. The molecule has 0 saturated carbocycles. The number of rotatable bonds is 2. The Hall–Kier alpha value is -1.89. The highest BCUT2D eigenvalue weighted by atomic mass is 35.5. The molecule has 1 aromatic rings. The summed E-state index contributed by atoms with van der Waals surface area (Å²) in [4.78, 5) is 24.3. The molecule has 1 fully saturated rings. The van der Waals surface area contributed by atoms with Gasteiger partial charge in [-0.15, -0.1) is 0 Å². The van der Waals surface area contributed by atoms with Crippen molar-refractivity contribution in [2.24, 2.45) is 11.8 Å². The normalized spacial score (nSPS) is 21.4.